The highest BCUT2D eigenvalue weighted by Gasteiger charge is 2.40. The van der Waals surface area contributed by atoms with Gasteiger partial charge in [0.1, 0.15) is 0 Å². The number of aromatic amines is 1. The summed E-state index contributed by atoms with van der Waals surface area (Å²) in [6, 6.07) is 5.95. The molecule has 1 saturated carbocycles. The molecule has 0 radical (unpaired) electrons. The number of benzene rings is 1. The third-order valence-electron chi connectivity index (χ3n) is 4.85. The summed E-state index contributed by atoms with van der Waals surface area (Å²) in [6.45, 7) is 13.0. The highest BCUT2D eigenvalue weighted by atomic mass is 15.2. The highest BCUT2D eigenvalue weighted by Crippen LogP contribution is 2.50. The van der Waals surface area contributed by atoms with Gasteiger partial charge in [0, 0.05) is 44.4 Å². The predicted molar refractivity (Wildman–Crippen MR) is 84.7 cm³/mol. The number of H-pyrrole nitrogens is 1. The molecular formula is C17H20N4. The minimum atomic E-state index is 0.676. The number of nitrogens with one attached hydrogen (secondary N) is 2. The van der Waals surface area contributed by atoms with Crippen molar-refractivity contribution in [3.63, 3.8) is 0 Å². The van der Waals surface area contributed by atoms with Crippen LogP contribution in [0.5, 0.6) is 0 Å². The molecule has 21 heavy (non-hydrogen) atoms. The fraction of sp³-hybridized carbons (Fsp3) is 0.471. The number of rotatable bonds is 3. The van der Waals surface area contributed by atoms with E-state index in [-0.39, 0.29) is 0 Å². The molecule has 2 fully saturated rings. The summed E-state index contributed by atoms with van der Waals surface area (Å²) >= 11 is 0. The van der Waals surface area contributed by atoms with Gasteiger partial charge in [0.05, 0.1) is 6.57 Å². The molecule has 0 spiro atoms. The Bertz CT molecular complexity index is 690. The number of hydrogen-bond acceptors (Lipinski definition) is 2. The maximum Gasteiger partial charge on any atom is 0.187 e. The Balaban J connectivity index is 1.51. The van der Waals surface area contributed by atoms with Gasteiger partial charge in [0.15, 0.2) is 5.69 Å². The Labute approximate surface area is 125 Å². The van der Waals surface area contributed by atoms with Crippen LogP contribution < -0.4 is 5.32 Å². The normalized spacial score (nSPS) is 25.9. The van der Waals surface area contributed by atoms with Crippen LogP contribution in [-0.4, -0.2) is 42.6 Å². The Kier molecular flexibility index (Phi) is 3.17. The summed E-state index contributed by atoms with van der Waals surface area (Å²) < 4.78 is 0. The van der Waals surface area contributed by atoms with Crippen molar-refractivity contribution in [2.75, 3.05) is 32.7 Å². The molecule has 2 aromatic rings. The number of nitrogens with zero attached hydrogens (tertiary/aromatic N) is 2. The van der Waals surface area contributed by atoms with Crippen molar-refractivity contribution in [3.8, 4) is 0 Å². The van der Waals surface area contributed by atoms with Crippen LogP contribution in [0, 0.1) is 12.5 Å². The number of fused-ring (bicyclic) bond motifs is 1. The molecular weight excluding hydrogens is 260 g/mol. The van der Waals surface area contributed by atoms with Crippen molar-refractivity contribution in [1.82, 2.24) is 15.2 Å². The second-order valence-electron chi connectivity index (χ2n) is 6.24. The van der Waals surface area contributed by atoms with Gasteiger partial charge < -0.3 is 15.2 Å². The summed E-state index contributed by atoms with van der Waals surface area (Å²) in [5.41, 5.74) is 3.31. The predicted octanol–water partition coefficient (Wildman–Crippen LogP) is 2.73. The number of hydrogen-bond donors (Lipinski definition) is 2. The minimum absolute atomic E-state index is 0.676. The second kappa shape index (κ2) is 5.18. The molecule has 2 N–H and O–H groups in total. The smallest absolute Gasteiger partial charge is 0.187 e. The first-order chi connectivity index (χ1) is 10.3. The van der Waals surface area contributed by atoms with Crippen LogP contribution in [0.15, 0.2) is 24.4 Å². The van der Waals surface area contributed by atoms with E-state index in [0.717, 1.165) is 30.2 Å². The van der Waals surface area contributed by atoms with E-state index < -0.39 is 0 Å². The first-order valence-corrected chi connectivity index (χ1v) is 7.77. The van der Waals surface area contributed by atoms with Gasteiger partial charge in [-0.3, -0.25) is 0 Å². The molecule has 4 rings (SSSR count). The Morgan fingerprint density at radius 1 is 1.29 bits per heavy atom. The van der Waals surface area contributed by atoms with Crippen LogP contribution in [0.3, 0.4) is 0 Å². The molecule has 2 atom stereocenters. The fourth-order valence-corrected chi connectivity index (χ4v) is 3.56. The lowest BCUT2D eigenvalue weighted by Gasteiger charge is -2.27. The van der Waals surface area contributed by atoms with Gasteiger partial charge in [-0.05, 0) is 41.3 Å². The van der Waals surface area contributed by atoms with Crippen molar-refractivity contribution in [3.05, 3.63) is 41.4 Å². The molecule has 2 aliphatic rings. The quantitative estimate of drug-likeness (QED) is 0.848. The lowest BCUT2D eigenvalue weighted by Crippen LogP contribution is -2.44. The lowest BCUT2D eigenvalue weighted by molar-refractivity contribution is 0.231. The average molecular weight is 280 g/mol. The maximum absolute atomic E-state index is 7.18. The number of aromatic nitrogens is 1. The molecule has 4 nitrogen and oxygen atoms in total. The molecule has 0 amide bonds. The molecule has 2 heterocycles. The van der Waals surface area contributed by atoms with Gasteiger partial charge in [-0.15, -0.1) is 0 Å². The van der Waals surface area contributed by atoms with Crippen molar-refractivity contribution >= 4 is 16.6 Å². The standard InChI is InChI=1S/C17H20N4/c1-18-13-2-3-17-15(9-13)16(10-20-17)14-8-12(14)11-21-6-4-19-5-7-21/h2-3,9-10,12,14,19-20H,4-8,11H2. The first-order valence-electron chi connectivity index (χ1n) is 7.77. The molecule has 1 aromatic heterocycles. The van der Waals surface area contributed by atoms with E-state index >= 15 is 0 Å². The highest BCUT2D eigenvalue weighted by molar-refractivity contribution is 5.87. The van der Waals surface area contributed by atoms with Crippen LogP contribution in [-0.2, 0) is 0 Å². The third-order valence-corrected chi connectivity index (χ3v) is 4.85. The second-order valence-corrected chi connectivity index (χ2v) is 6.24. The molecule has 108 valence electrons. The summed E-state index contributed by atoms with van der Waals surface area (Å²) in [5, 5.41) is 4.66. The topological polar surface area (TPSA) is 35.4 Å². The zero-order valence-corrected chi connectivity index (χ0v) is 12.1. The van der Waals surface area contributed by atoms with Crippen LogP contribution in [0.4, 0.5) is 5.69 Å². The van der Waals surface area contributed by atoms with Gasteiger partial charge in [-0.2, -0.15) is 0 Å². The molecule has 1 aliphatic heterocycles. The summed E-state index contributed by atoms with van der Waals surface area (Å²) in [5.74, 6) is 1.47. The average Bonchev–Trinajstić information content (AvgIpc) is 3.15. The van der Waals surface area contributed by atoms with Gasteiger partial charge in [0.25, 0.3) is 0 Å². The zero-order valence-electron chi connectivity index (χ0n) is 12.1. The van der Waals surface area contributed by atoms with Gasteiger partial charge >= 0.3 is 0 Å². The van der Waals surface area contributed by atoms with Crippen LogP contribution >= 0.6 is 0 Å². The minimum Gasteiger partial charge on any atom is -0.361 e. The largest absolute Gasteiger partial charge is 0.361 e. The molecule has 4 heteroatoms. The van der Waals surface area contributed by atoms with Crippen LogP contribution in [0.2, 0.25) is 0 Å². The molecule has 1 saturated heterocycles. The van der Waals surface area contributed by atoms with Crippen LogP contribution in [0.25, 0.3) is 15.7 Å². The van der Waals surface area contributed by atoms with Crippen molar-refractivity contribution in [2.45, 2.75) is 12.3 Å². The van der Waals surface area contributed by atoms with Crippen molar-refractivity contribution in [1.29, 1.82) is 0 Å². The molecule has 2 unspecified atom stereocenters. The summed E-state index contributed by atoms with van der Waals surface area (Å²) in [4.78, 5) is 9.50. The van der Waals surface area contributed by atoms with Crippen LogP contribution in [0.1, 0.15) is 17.9 Å². The number of piperazine rings is 1. The lowest BCUT2D eigenvalue weighted by atomic mass is 10.1. The van der Waals surface area contributed by atoms with E-state index in [0.29, 0.717) is 5.92 Å². The van der Waals surface area contributed by atoms with E-state index in [1.54, 1.807) is 0 Å². The maximum atomic E-state index is 7.18. The van der Waals surface area contributed by atoms with Gasteiger partial charge in [-0.25, -0.2) is 4.85 Å². The van der Waals surface area contributed by atoms with E-state index in [1.807, 2.05) is 18.2 Å². The Morgan fingerprint density at radius 2 is 2.14 bits per heavy atom. The van der Waals surface area contributed by atoms with E-state index in [2.05, 4.69) is 26.2 Å². The monoisotopic (exact) mass is 280 g/mol. The fourth-order valence-electron chi connectivity index (χ4n) is 3.56. The summed E-state index contributed by atoms with van der Waals surface area (Å²) in [6.07, 6.45) is 3.44. The van der Waals surface area contributed by atoms with Crippen molar-refractivity contribution < 1.29 is 0 Å². The molecule has 1 aromatic carbocycles. The third kappa shape index (κ3) is 2.44. The Hall–Kier alpha value is -1.83. The van der Waals surface area contributed by atoms with E-state index in [1.165, 1.54) is 37.0 Å². The summed E-state index contributed by atoms with van der Waals surface area (Å²) in [7, 11) is 0. The van der Waals surface area contributed by atoms with Crippen molar-refractivity contribution in [2.24, 2.45) is 5.92 Å². The van der Waals surface area contributed by atoms with Gasteiger partial charge in [-0.1, -0.05) is 6.07 Å². The Morgan fingerprint density at radius 3 is 2.95 bits per heavy atom. The molecule has 1 aliphatic carbocycles. The van der Waals surface area contributed by atoms with E-state index in [4.69, 9.17) is 6.57 Å². The van der Waals surface area contributed by atoms with Gasteiger partial charge in [0.2, 0.25) is 0 Å². The molecule has 0 bridgehead atoms. The first kappa shape index (κ1) is 12.9. The zero-order chi connectivity index (χ0) is 14.2. The van der Waals surface area contributed by atoms with E-state index in [9.17, 15) is 0 Å². The SMILES string of the molecule is [C-]#[N+]c1ccc2[nH]cc(C3CC3CN3CCNCC3)c2c1.